The summed E-state index contributed by atoms with van der Waals surface area (Å²) in [5.74, 6) is 0.501. The predicted molar refractivity (Wildman–Crippen MR) is 135 cm³/mol. The van der Waals surface area contributed by atoms with Crippen LogP contribution in [0, 0.1) is 22.7 Å². The number of fused-ring (bicyclic) bond motifs is 4. The van der Waals surface area contributed by atoms with Crippen molar-refractivity contribution in [3.05, 3.63) is 40.3 Å². The molecule has 8 atom stereocenters. The van der Waals surface area contributed by atoms with E-state index in [9.17, 15) is 14.7 Å². The number of rotatable bonds is 3. The Kier molecular flexibility index (Phi) is 4.66. The maximum Gasteiger partial charge on any atom is 0.360 e. The van der Waals surface area contributed by atoms with Gasteiger partial charge in [-0.25, -0.2) is 9.78 Å². The molecule has 2 aromatic rings. The largest absolute Gasteiger partial charge is 0.476 e. The molecule has 5 aliphatic rings. The Balaban J connectivity index is 1.22. The summed E-state index contributed by atoms with van der Waals surface area (Å²) in [4.78, 5) is 32.3. The topological polar surface area (TPSA) is 75.4 Å². The fourth-order valence-corrected chi connectivity index (χ4v) is 9.82. The average Bonchev–Trinajstić information content (AvgIpc) is 2.91. The third-order valence-electron chi connectivity index (χ3n) is 11.4. The highest BCUT2D eigenvalue weighted by molar-refractivity contribution is 5.88. The van der Waals surface area contributed by atoms with Gasteiger partial charge in [-0.1, -0.05) is 32.4 Å². The normalized spacial score (nSPS) is 42.5. The van der Waals surface area contributed by atoms with E-state index in [1.807, 2.05) is 24.3 Å². The molecule has 1 aromatic heterocycles. The quantitative estimate of drug-likeness (QED) is 0.656. The van der Waals surface area contributed by atoms with Crippen molar-refractivity contribution in [1.29, 1.82) is 0 Å². The van der Waals surface area contributed by atoms with Crippen LogP contribution in [0.25, 0.3) is 11.0 Å². The van der Waals surface area contributed by atoms with Crippen LogP contribution in [0.1, 0.15) is 94.6 Å². The van der Waals surface area contributed by atoms with Crippen LogP contribution >= 0.6 is 0 Å². The van der Waals surface area contributed by atoms with E-state index in [2.05, 4.69) is 23.7 Å². The van der Waals surface area contributed by atoms with Gasteiger partial charge in [-0.3, -0.25) is 9.69 Å². The summed E-state index contributed by atoms with van der Waals surface area (Å²) >= 11 is 0. The first kappa shape index (κ1) is 22.0. The van der Waals surface area contributed by atoms with Gasteiger partial charge in [0.15, 0.2) is 0 Å². The van der Waals surface area contributed by atoms with Crippen molar-refractivity contribution < 1.29 is 9.90 Å². The van der Waals surface area contributed by atoms with Crippen LogP contribution in [0.4, 0.5) is 0 Å². The maximum absolute atomic E-state index is 13.4. The van der Waals surface area contributed by atoms with Crippen molar-refractivity contribution in [2.45, 2.75) is 102 Å². The fraction of sp³-hybridized carbons (Fsp3) is 0.690. The Morgan fingerprint density at radius 2 is 1.71 bits per heavy atom. The summed E-state index contributed by atoms with van der Waals surface area (Å²) in [6.07, 6.45) is 12.5. The van der Waals surface area contributed by atoms with Gasteiger partial charge in [-0.05, 0) is 92.6 Å². The standard InChI is InChI=1S/C29H37N3O3/c1-28-14-17-10-21(11-18(16-28)29(28,2)15-17)31-19-6-5-7-20(31)13-22(12-19)32-24-9-4-3-8-23(24)30-25(26(32)33)27(34)35/h3-4,8-9,17-22H,5-7,10-16H2,1-2H3,(H,34,35)/t17-,18+,19-,20+,21+,22?,28?,29?/m0/s1. The molecule has 35 heavy (non-hydrogen) atoms. The Hall–Kier alpha value is -2.21. The molecular formula is C29H37N3O3. The first-order chi connectivity index (χ1) is 16.8. The van der Waals surface area contributed by atoms with Gasteiger partial charge in [-0.2, -0.15) is 0 Å². The highest BCUT2D eigenvalue weighted by Crippen LogP contribution is 2.74. The summed E-state index contributed by atoms with van der Waals surface area (Å²) < 4.78 is 1.79. The minimum atomic E-state index is -1.23. The van der Waals surface area contributed by atoms with E-state index in [0.717, 1.165) is 30.2 Å². The highest BCUT2D eigenvalue weighted by Gasteiger charge is 2.66. The minimum absolute atomic E-state index is 0.0341. The number of carboxylic acid groups (broad SMARTS) is 1. The molecule has 0 radical (unpaired) electrons. The van der Waals surface area contributed by atoms with Gasteiger partial charge < -0.3 is 9.67 Å². The van der Waals surface area contributed by atoms with Crippen LogP contribution in [0.5, 0.6) is 0 Å². The van der Waals surface area contributed by atoms with Crippen LogP contribution in [0.2, 0.25) is 0 Å². The fourth-order valence-electron chi connectivity index (χ4n) is 9.82. The van der Waals surface area contributed by atoms with Crippen molar-refractivity contribution in [1.82, 2.24) is 14.5 Å². The lowest BCUT2D eigenvalue weighted by atomic mass is 9.45. The van der Waals surface area contributed by atoms with Crippen LogP contribution in [-0.2, 0) is 0 Å². The molecule has 2 aliphatic heterocycles. The van der Waals surface area contributed by atoms with Crippen molar-refractivity contribution in [2.24, 2.45) is 22.7 Å². The summed E-state index contributed by atoms with van der Waals surface area (Å²) in [5, 5.41) is 9.68. The Bertz CT molecular complexity index is 1260. The Morgan fingerprint density at radius 3 is 2.46 bits per heavy atom. The van der Waals surface area contributed by atoms with E-state index in [0.29, 0.717) is 34.5 Å². The molecule has 1 N–H and O–H groups in total. The zero-order chi connectivity index (χ0) is 24.1. The number of para-hydroxylation sites is 2. The second kappa shape index (κ2) is 7.41. The number of piperidine rings is 2. The van der Waals surface area contributed by atoms with Crippen LogP contribution in [0.3, 0.4) is 0 Å². The third kappa shape index (κ3) is 3.01. The Labute approximate surface area is 206 Å². The third-order valence-corrected chi connectivity index (χ3v) is 11.4. The molecule has 5 fully saturated rings. The van der Waals surface area contributed by atoms with Crippen molar-refractivity contribution in [3.63, 3.8) is 0 Å². The zero-order valence-corrected chi connectivity index (χ0v) is 20.9. The van der Waals surface area contributed by atoms with Crippen LogP contribution in [-0.4, -0.2) is 43.7 Å². The van der Waals surface area contributed by atoms with E-state index in [1.165, 1.54) is 51.4 Å². The van der Waals surface area contributed by atoms with E-state index < -0.39 is 11.5 Å². The van der Waals surface area contributed by atoms with Gasteiger partial charge >= 0.3 is 5.97 Å². The number of aromatic nitrogens is 2. The Morgan fingerprint density at radius 1 is 0.971 bits per heavy atom. The van der Waals surface area contributed by atoms with Crippen molar-refractivity contribution in [3.8, 4) is 0 Å². The molecule has 186 valence electrons. The number of carbonyl (C=O) groups is 1. The van der Waals surface area contributed by atoms with E-state index in [4.69, 9.17) is 0 Å². The average molecular weight is 476 g/mol. The van der Waals surface area contributed by atoms with Gasteiger partial charge in [-0.15, -0.1) is 0 Å². The van der Waals surface area contributed by atoms with Gasteiger partial charge in [0, 0.05) is 24.2 Å². The number of aromatic carboxylic acids is 1. The number of hydrogen-bond acceptors (Lipinski definition) is 4. The lowest BCUT2D eigenvalue weighted by molar-refractivity contribution is -0.118. The van der Waals surface area contributed by atoms with Gasteiger partial charge in [0.05, 0.1) is 11.0 Å². The number of hydrogen-bond donors (Lipinski definition) is 1. The number of carboxylic acids is 1. The monoisotopic (exact) mass is 475 g/mol. The molecule has 1 aromatic carbocycles. The number of nitrogens with zero attached hydrogens (tertiary/aromatic N) is 3. The molecule has 0 spiro atoms. The molecule has 4 bridgehead atoms. The van der Waals surface area contributed by atoms with Crippen LogP contribution in [0.15, 0.2) is 29.1 Å². The molecule has 3 unspecified atom stereocenters. The zero-order valence-electron chi connectivity index (χ0n) is 20.9. The summed E-state index contributed by atoms with van der Waals surface area (Å²) in [7, 11) is 0. The molecule has 7 rings (SSSR count). The molecule has 6 nitrogen and oxygen atoms in total. The first-order valence-electron chi connectivity index (χ1n) is 13.8. The molecule has 3 aliphatic carbocycles. The van der Waals surface area contributed by atoms with Gasteiger partial charge in [0.25, 0.3) is 5.56 Å². The number of benzene rings is 1. The SMILES string of the molecule is CC12C[C@@H]3C[C@@H](N4[C@@H]5CCC[C@H]4CC(n4c(=O)c(C(=O)O)nc6ccccc64)C5)C[C@H](C1)C2(C)C3. The van der Waals surface area contributed by atoms with Gasteiger partial charge in [0.1, 0.15) is 0 Å². The highest BCUT2D eigenvalue weighted by atomic mass is 16.4. The van der Waals surface area contributed by atoms with Crippen molar-refractivity contribution in [2.75, 3.05) is 0 Å². The van der Waals surface area contributed by atoms with Gasteiger partial charge in [0.2, 0.25) is 5.69 Å². The second-order valence-corrected chi connectivity index (χ2v) is 13.0. The summed E-state index contributed by atoms with van der Waals surface area (Å²) in [6.45, 7) is 5.13. The summed E-state index contributed by atoms with van der Waals surface area (Å²) in [6, 6.07) is 9.21. The van der Waals surface area contributed by atoms with Crippen LogP contribution < -0.4 is 5.56 Å². The minimum Gasteiger partial charge on any atom is -0.476 e. The molecule has 3 saturated carbocycles. The van der Waals surface area contributed by atoms with Crippen molar-refractivity contribution >= 4 is 17.0 Å². The lowest BCUT2D eigenvalue weighted by Gasteiger charge is -2.61. The predicted octanol–water partition coefficient (Wildman–Crippen LogP) is 5.26. The first-order valence-corrected chi connectivity index (χ1v) is 13.8. The van der Waals surface area contributed by atoms with E-state index >= 15 is 0 Å². The van der Waals surface area contributed by atoms with E-state index in [-0.39, 0.29) is 11.7 Å². The van der Waals surface area contributed by atoms with E-state index in [1.54, 1.807) is 4.57 Å². The molecule has 6 heteroatoms. The smallest absolute Gasteiger partial charge is 0.360 e. The molecule has 3 heterocycles. The molecular weight excluding hydrogens is 438 g/mol. The summed E-state index contributed by atoms with van der Waals surface area (Å²) in [5.41, 5.74) is 1.71. The maximum atomic E-state index is 13.4. The second-order valence-electron chi connectivity index (χ2n) is 13.0. The molecule has 2 saturated heterocycles. The lowest BCUT2D eigenvalue weighted by Crippen LogP contribution is -2.59. The molecule has 0 amide bonds.